The highest BCUT2D eigenvalue weighted by atomic mass is 16.5. The number of esters is 1. The monoisotopic (exact) mass is 239 g/mol. The lowest BCUT2D eigenvalue weighted by Crippen LogP contribution is -2.57. The molecule has 1 heterocycles. The van der Waals surface area contributed by atoms with E-state index in [0.29, 0.717) is 5.57 Å². The molecule has 2 aliphatic rings. The maximum Gasteiger partial charge on any atom is 0.333 e. The van der Waals surface area contributed by atoms with Crippen molar-refractivity contribution in [2.24, 2.45) is 0 Å². The van der Waals surface area contributed by atoms with Gasteiger partial charge in [-0.3, -0.25) is 4.79 Å². The predicted octanol–water partition coefficient (Wildman–Crippen LogP) is -0.752. The SMILES string of the molecule is C=C1O[C@@H]2C=C(C(=O)OC)C[C@H](O)[C@H]2NC1=O. The van der Waals surface area contributed by atoms with Crippen molar-refractivity contribution in [1.29, 1.82) is 0 Å². The lowest BCUT2D eigenvalue weighted by Gasteiger charge is -2.38. The molecule has 3 atom stereocenters. The summed E-state index contributed by atoms with van der Waals surface area (Å²) in [6, 6.07) is -0.554. The third-order valence-corrected chi connectivity index (χ3v) is 2.84. The minimum atomic E-state index is -0.879. The van der Waals surface area contributed by atoms with Crippen molar-refractivity contribution in [3.8, 4) is 0 Å². The predicted molar refractivity (Wildman–Crippen MR) is 56.7 cm³/mol. The van der Waals surface area contributed by atoms with Gasteiger partial charge in [-0.05, 0) is 6.08 Å². The molecule has 2 N–H and O–H groups in total. The van der Waals surface area contributed by atoms with Gasteiger partial charge in [0.1, 0.15) is 6.10 Å². The van der Waals surface area contributed by atoms with Crippen molar-refractivity contribution in [3.05, 3.63) is 24.0 Å². The topological polar surface area (TPSA) is 84.9 Å². The number of fused-ring (bicyclic) bond motifs is 1. The molecule has 0 aromatic rings. The Morgan fingerprint density at radius 1 is 1.71 bits per heavy atom. The van der Waals surface area contributed by atoms with Gasteiger partial charge >= 0.3 is 5.97 Å². The van der Waals surface area contributed by atoms with Crippen LogP contribution in [0.4, 0.5) is 0 Å². The Kier molecular flexibility index (Phi) is 2.89. The van der Waals surface area contributed by atoms with E-state index in [1.807, 2.05) is 0 Å². The quantitative estimate of drug-likeness (QED) is 0.464. The molecule has 1 amide bonds. The Morgan fingerprint density at radius 2 is 2.41 bits per heavy atom. The third kappa shape index (κ3) is 2.03. The Labute approximate surface area is 97.9 Å². The maximum absolute atomic E-state index is 11.4. The van der Waals surface area contributed by atoms with E-state index in [1.54, 1.807) is 6.08 Å². The van der Waals surface area contributed by atoms with Crippen molar-refractivity contribution in [1.82, 2.24) is 5.32 Å². The number of hydrogen-bond acceptors (Lipinski definition) is 5. The number of ether oxygens (including phenoxy) is 2. The molecule has 0 spiro atoms. The summed E-state index contributed by atoms with van der Waals surface area (Å²) in [5, 5.41) is 12.4. The fraction of sp³-hybridized carbons (Fsp3) is 0.455. The van der Waals surface area contributed by atoms with Crippen molar-refractivity contribution >= 4 is 11.9 Å². The van der Waals surface area contributed by atoms with E-state index in [1.165, 1.54) is 7.11 Å². The molecule has 0 saturated carbocycles. The van der Waals surface area contributed by atoms with Crippen LogP contribution in [0.15, 0.2) is 24.0 Å². The number of aliphatic hydroxyl groups is 1. The van der Waals surface area contributed by atoms with E-state index in [2.05, 4.69) is 16.6 Å². The number of nitrogens with one attached hydrogen (secondary N) is 1. The maximum atomic E-state index is 11.4. The summed E-state index contributed by atoms with van der Waals surface area (Å²) in [6.45, 7) is 3.44. The lowest BCUT2D eigenvalue weighted by atomic mass is 9.89. The van der Waals surface area contributed by atoms with E-state index < -0.39 is 30.1 Å². The van der Waals surface area contributed by atoms with Crippen LogP contribution < -0.4 is 5.32 Å². The summed E-state index contributed by atoms with van der Waals surface area (Å²) >= 11 is 0. The molecule has 0 radical (unpaired) electrons. The number of amides is 1. The van der Waals surface area contributed by atoms with Gasteiger partial charge in [0.25, 0.3) is 5.91 Å². The molecule has 1 fully saturated rings. The smallest absolute Gasteiger partial charge is 0.333 e. The van der Waals surface area contributed by atoms with E-state index in [0.717, 1.165) is 0 Å². The molecule has 2 rings (SSSR count). The zero-order valence-electron chi connectivity index (χ0n) is 9.30. The van der Waals surface area contributed by atoms with Crippen LogP contribution >= 0.6 is 0 Å². The number of morpholine rings is 1. The summed E-state index contributed by atoms with van der Waals surface area (Å²) in [5.41, 5.74) is 0.338. The van der Waals surface area contributed by atoms with Crippen LogP contribution in [0.25, 0.3) is 0 Å². The average Bonchev–Trinajstić information content (AvgIpc) is 2.30. The Hall–Kier alpha value is -1.82. The van der Waals surface area contributed by atoms with Gasteiger partial charge in [0.2, 0.25) is 0 Å². The number of rotatable bonds is 1. The lowest BCUT2D eigenvalue weighted by molar-refractivity contribution is -0.137. The molecule has 92 valence electrons. The van der Waals surface area contributed by atoms with Gasteiger partial charge < -0.3 is 19.9 Å². The fourth-order valence-corrected chi connectivity index (χ4v) is 1.96. The van der Waals surface area contributed by atoms with Crippen LogP contribution in [0.1, 0.15) is 6.42 Å². The van der Waals surface area contributed by atoms with Crippen molar-refractivity contribution < 1.29 is 24.2 Å². The first-order valence-corrected chi connectivity index (χ1v) is 5.16. The van der Waals surface area contributed by atoms with Crippen LogP contribution in [-0.2, 0) is 19.1 Å². The van der Waals surface area contributed by atoms with Crippen molar-refractivity contribution in [3.63, 3.8) is 0 Å². The number of aliphatic hydroxyl groups excluding tert-OH is 1. The summed E-state index contributed by atoms with van der Waals surface area (Å²) in [6.07, 6.45) is 0.215. The zero-order valence-corrected chi connectivity index (χ0v) is 9.30. The Balaban J connectivity index is 2.24. The Morgan fingerprint density at radius 3 is 3.06 bits per heavy atom. The number of carbonyl (C=O) groups is 2. The zero-order chi connectivity index (χ0) is 12.6. The molecular weight excluding hydrogens is 226 g/mol. The molecule has 0 unspecified atom stereocenters. The standard InChI is InChI=1S/C11H13NO5/c1-5-10(14)12-9-7(13)3-6(11(15)16-2)4-8(9)17-5/h4,7-9,13H,1,3H2,2H3,(H,12,14)/t7-,8+,9+/m0/s1. The van der Waals surface area contributed by atoms with E-state index in [9.17, 15) is 14.7 Å². The van der Waals surface area contributed by atoms with Crippen LogP contribution in [0, 0.1) is 0 Å². The van der Waals surface area contributed by atoms with E-state index in [4.69, 9.17) is 4.74 Å². The second-order valence-corrected chi connectivity index (χ2v) is 3.96. The highest BCUT2D eigenvalue weighted by molar-refractivity contribution is 5.93. The van der Waals surface area contributed by atoms with Crippen LogP contribution in [0.2, 0.25) is 0 Å². The van der Waals surface area contributed by atoms with E-state index in [-0.39, 0.29) is 12.2 Å². The van der Waals surface area contributed by atoms with Gasteiger partial charge in [0.05, 0.1) is 19.3 Å². The molecule has 1 saturated heterocycles. The molecule has 6 nitrogen and oxygen atoms in total. The molecule has 0 aromatic carbocycles. The first-order chi connectivity index (χ1) is 8.02. The van der Waals surface area contributed by atoms with Gasteiger partial charge in [0.15, 0.2) is 5.76 Å². The highest BCUT2D eigenvalue weighted by Crippen LogP contribution is 2.26. The molecule has 1 aliphatic carbocycles. The first kappa shape index (κ1) is 11.7. The second kappa shape index (κ2) is 4.21. The average molecular weight is 239 g/mol. The number of hydrogen-bond donors (Lipinski definition) is 2. The molecule has 0 aromatic heterocycles. The number of carbonyl (C=O) groups excluding carboxylic acids is 2. The molecule has 1 aliphatic heterocycles. The van der Waals surface area contributed by atoms with Crippen LogP contribution in [-0.4, -0.2) is 42.3 Å². The third-order valence-electron chi connectivity index (χ3n) is 2.84. The highest BCUT2D eigenvalue weighted by Gasteiger charge is 2.40. The van der Waals surface area contributed by atoms with Crippen LogP contribution in [0.5, 0.6) is 0 Å². The van der Waals surface area contributed by atoms with Gasteiger partial charge in [-0.25, -0.2) is 4.79 Å². The summed E-state index contributed by atoms with van der Waals surface area (Å²) < 4.78 is 9.83. The Bertz CT molecular complexity index is 414. The van der Waals surface area contributed by atoms with Crippen molar-refractivity contribution in [2.75, 3.05) is 7.11 Å². The largest absolute Gasteiger partial charge is 0.479 e. The normalized spacial score (nSPS) is 31.9. The fourth-order valence-electron chi connectivity index (χ4n) is 1.96. The summed E-state index contributed by atoms with van der Waals surface area (Å²) in [7, 11) is 1.27. The second-order valence-electron chi connectivity index (χ2n) is 3.96. The van der Waals surface area contributed by atoms with Crippen LogP contribution in [0.3, 0.4) is 0 Å². The van der Waals surface area contributed by atoms with Gasteiger partial charge in [-0.1, -0.05) is 6.58 Å². The van der Waals surface area contributed by atoms with E-state index >= 15 is 0 Å². The molecule has 17 heavy (non-hydrogen) atoms. The summed E-state index contributed by atoms with van der Waals surface area (Å²) in [5.74, 6) is -0.977. The minimum absolute atomic E-state index is 0.0270. The molecule has 0 bridgehead atoms. The molecule has 6 heteroatoms. The molecular formula is C11H13NO5. The van der Waals surface area contributed by atoms with Gasteiger partial charge in [0, 0.05) is 12.0 Å². The van der Waals surface area contributed by atoms with Gasteiger partial charge in [-0.15, -0.1) is 0 Å². The minimum Gasteiger partial charge on any atom is -0.479 e. The first-order valence-electron chi connectivity index (χ1n) is 5.16. The van der Waals surface area contributed by atoms with Gasteiger partial charge in [-0.2, -0.15) is 0 Å². The van der Waals surface area contributed by atoms with Crippen molar-refractivity contribution in [2.45, 2.75) is 24.7 Å². The number of methoxy groups -OCH3 is 1. The summed E-state index contributed by atoms with van der Waals surface area (Å²) in [4.78, 5) is 22.7.